The van der Waals surface area contributed by atoms with Crippen LogP contribution in [0.2, 0.25) is 0 Å². The van der Waals surface area contributed by atoms with Gasteiger partial charge in [0.1, 0.15) is 0 Å². The molecule has 1 atom stereocenters. The minimum atomic E-state index is -0.612. The molecule has 0 aromatic heterocycles. The second-order valence-electron chi connectivity index (χ2n) is 4.73. The Balaban J connectivity index is 0.00000200. The van der Waals surface area contributed by atoms with Gasteiger partial charge in [-0.2, -0.15) is 0 Å². The first-order valence-electron chi connectivity index (χ1n) is 6.54. The van der Waals surface area contributed by atoms with Crippen LogP contribution in [-0.2, 0) is 4.74 Å². The van der Waals surface area contributed by atoms with E-state index in [1.807, 2.05) is 36.1 Å². The number of ether oxygens (including phenoxy) is 1. The van der Waals surface area contributed by atoms with Gasteiger partial charge in [0.05, 0.1) is 25.9 Å². The number of benzene rings is 1. The molecule has 20 heavy (non-hydrogen) atoms. The fraction of sp³-hybridized carbons (Fsp3) is 0.500. The number of aryl methyl sites for hydroxylation is 1. The maximum absolute atomic E-state index is 10.1. The first-order chi connectivity index (χ1) is 9.16. The molecular formula is C14H22IN3O2. The van der Waals surface area contributed by atoms with Gasteiger partial charge in [0.25, 0.3) is 0 Å². The molecule has 2 rings (SSSR count). The Morgan fingerprint density at radius 3 is 2.80 bits per heavy atom. The molecule has 0 bridgehead atoms. The number of nitrogens with zero attached hydrogens (tertiary/aromatic N) is 2. The lowest BCUT2D eigenvalue weighted by atomic mass is 10.1. The molecule has 0 aliphatic carbocycles. The van der Waals surface area contributed by atoms with Gasteiger partial charge in [-0.05, 0) is 12.5 Å². The molecule has 1 aliphatic rings. The van der Waals surface area contributed by atoms with Crippen molar-refractivity contribution in [1.29, 1.82) is 0 Å². The van der Waals surface area contributed by atoms with E-state index in [-0.39, 0.29) is 30.5 Å². The van der Waals surface area contributed by atoms with Crippen molar-refractivity contribution >= 4 is 29.9 Å². The average Bonchev–Trinajstić information content (AvgIpc) is 2.45. The second kappa shape index (κ2) is 8.43. The molecule has 1 aliphatic heterocycles. The number of hydrogen-bond donors (Lipinski definition) is 2. The molecule has 0 saturated carbocycles. The van der Waals surface area contributed by atoms with E-state index < -0.39 is 6.10 Å². The lowest BCUT2D eigenvalue weighted by Gasteiger charge is -2.27. The van der Waals surface area contributed by atoms with Crippen molar-refractivity contribution in [3.8, 4) is 0 Å². The van der Waals surface area contributed by atoms with Crippen molar-refractivity contribution in [3.05, 3.63) is 35.4 Å². The van der Waals surface area contributed by atoms with Crippen LogP contribution in [0.3, 0.4) is 0 Å². The standard InChI is InChI=1S/C14H21N3O2.HI/c1-11-3-2-4-12(9-11)13(18)10-16-14(15)17-5-7-19-8-6-17;/h2-4,9,13,18H,5-8,10H2,1H3,(H2,15,16);1H. The summed E-state index contributed by atoms with van der Waals surface area (Å²) in [6, 6.07) is 7.80. The quantitative estimate of drug-likeness (QED) is 0.463. The summed E-state index contributed by atoms with van der Waals surface area (Å²) in [5.74, 6) is 0.481. The zero-order chi connectivity index (χ0) is 13.7. The number of nitrogens with two attached hydrogens (primary N) is 1. The van der Waals surface area contributed by atoms with Gasteiger partial charge in [-0.25, -0.2) is 0 Å². The van der Waals surface area contributed by atoms with Crippen LogP contribution >= 0.6 is 24.0 Å². The first-order valence-corrected chi connectivity index (χ1v) is 6.54. The van der Waals surface area contributed by atoms with Crippen LogP contribution in [0.15, 0.2) is 29.3 Å². The molecule has 1 fully saturated rings. The lowest BCUT2D eigenvalue weighted by molar-refractivity contribution is 0.0672. The molecule has 1 aromatic rings. The molecule has 1 saturated heterocycles. The summed E-state index contributed by atoms with van der Waals surface area (Å²) in [7, 11) is 0. The van der Waals surface area contributed by atoms with Crippen LogP contribution < -0.4 is 5.73 Å². The smallest absolute Gasteiger partial charge is 0.191 e. The van der Waals surface area contributed by atoms with Gasteiger partial charge in [-0.15, -0.1) is 24.0 Å². The zero-order valence-corrected chi connectivity index (χ0v) is 14.0. The van der Waals surface area contributed by atoms with Gasteiger partial charge < -0.3 is 20.5 Å². The summed E-state index contributed by atoms with van der Waals surface area (Å²) in [5, 5.41) is 10.1. The molecule has 0 radical (unpaired) electrons. The third kappa shape index (κ3) is 4.92. The van der Waals surface area contributed by atoms with Crippen molar-refractivity contribution in [2.75, 3.05) is 32.8 Å². The monoisotopic (exact) mass is 391 g/mol. The largest absolute Gasteiger partial charge is 0.386 e. The number of rotatable bonds is 3. The van der Waals surface area contributed by atoms with Crippen LogP contribution in [-0.4, -0.2) is 48.8 Å². The highest BCUT2D eigenvalue weighted by molar-refractivity contribution is 14.0. The van der Waals surface area contributed by atoms with Crippen molar-refractivity contribution in [2.24, 2.45) is 10.7 Å². The van der Waals surface area contributed by atoms with Gasteiger partial charge in [-0.3, -0.25) is 4.99 Å². The Labute approximate surface area is 136 Å². The Kier molecular flexibility index (Phi) is 7.25. The maximum atomic E-state index is 10.1. The summed E-state index contributed by atoms with van der Waals surface area (Å²) in [5.41, 5.74) is 7.91. The molecule has 112 valence electrons. The molecule has 3 N–H and O–H groups in total. The summed E-state index contributed by atoms with van der Waals surface area (Å²) in [6.45, 7) is 5.16. The van der Waals surface area contributed by atoms with Crippen LogP contribution in [0.5, 0.6) is 0 Å². The van der Waals surface area contributed by atoms with E-state index in [1.165, 1.54) is 0 Å². The highest BCUT2D eigenvalue weighted by Crippen LogP contribution is 2.14. The minimum absolute atomic E-state index is 0. The van der Waals surface area contributed by atoms with Crippen LogP contribution in [0.25, 0.3) is 0 Å². The summed E-state index contributed by atoms with van der Waals surface area (Å²) < 4.78 is 5.26. The van der Waals surface area contributed by atoms with Crippen molar-refractivity contribution in [3.63, 3.8) is 0 Å². The highest BCUT2D eigenvalue weighted by atomic mass is 127. The van der Waals surface area contributed by atoms with E-state index in [4.69, 9.17) is 10.5 Å². The number of hydrogen-bond acceptors (Lipinski definition) is 3. The van der Waals surface area contributed by atoms with Gasteiger partial charge in [0.2, 0.25) is 0 Å². The summed E-state index contributed by atoms with van der Waals surface area (Å²) >= 11 is 0. The highest BCUT2D eigenvalue weighted by Gasteiger charge is 2.13. The predicted molar refractivity (Wildman–Crippen MR) is 90.4 cm³/mol. The Morgan fingerprint density at radius 2 is 2.15 bits per heavy atom. The fourth-order valence-electron chi connectivity index (χ4n) is 2.06. The average molecular weight is 391 g/mol. The molecule has 0 spiro atoms. The minimum Gasteiger partial charge on any atom is -0.386 e. The van der Waals surface area contributed by atoms with E-state index in [1.54, 1.807) is 0 Å². The summed E-state index contributed by atoms with van der Waals surface area (Å²) in [6.07, 6.45) is -0.612. The molecule has 5 nitrogen and oxygen atoms in total. The second-order valence-corrected chi connectivity index (χ2v) is 4.73. The van der Waals surface area contributed by atoms with Gasteiger partial charge in [0.15, 0.2) is 5.96 Å². The van der Waals surface area contributed by atoms with E-state index in [0.29, 0.717) is 19.2 Å². The van der Waals surface area contributed by atoms with Gasteiger partial charge in [-0.1, -0.05) is 29.8 Å². The molecule has 1 unspecified atom stereocenters. The topological polar surface area (TPSA) is 71.1 Å². The number of morpholine rings is 1. The fourth-order valence-corrected chi connectivity index (χ4v) is 2.06. The normalized spacial score (nSPS) is 17.5. The molecule has 0 amide bonds. The number of aliphatic hydroxyl groups is 1. The molecular weight excluding hydrogens is 369 g/mol. The predicted octanol–water partition coefficient (Wildman–Crippen LogP) is 1.29. The zero-order valence-electron chi connectivity index (χ0n) is 11.7. The third-order valence-electron chi connectivity index (χ3n) is 3.19. The first kappa shape index (κ1) is 17.2. The Morgan fingerprint density at radius 1 is 1.45 bits per heavy atom. The van der Waals surface area contributed by atoms with Crippen LogP contribution in [0.4, 0.5) is 0 Å². The maximum Gasteiger partial charge on any atom is 0.191 e. The van der Waals surface area contributed by atoms with Crippen LogP contribution in [0, 0.1) is 6.92 Å². The van der Waals surface area contributed by atoms with Crippen molar-refractivity contribution < 1.29 is 9.84 Å². The summed E-state index contributed by atoms with van der Waals surface area (Å²) in [4.78, 5) is 6.25. The van der Waals surface area contributed by atoms with Gasteiger partial charge >= 0.3 is 0 Å². The van der Waals surface area contributed by atoms with E-state index in [2.05, 4.69) is 4.99 Å². The number of guanidine groups is 1. The number of aliphatic imine (C=N–C) groups is 1. The molecule has 6 heteroatoms. The lowest BCUT2D eigenvalue weighted by Crippen LogP contribution is -2.45. The van der Waals surface area contributed by atoms with Crippen molar-refractivity contribution in [1.82, 2.24) is 4.90 Å². The van der Waals surface area contributed by atoms with Gasteiger partial charge in [0, 0.05) is 13.1 Å². The number of halogens is 1. The number of aliphatic hydroxyl groups excluding tert-OH is 1. The van der Waals surface area contributed by atoms with Crippen LogP contribution in [0.1, 0.15) is 17.2 Å². The molecule has 1 heterocycles. The van der Waals surface area contributed by atoms with E-state index in [9.17, 15) is 5.11 Å². The Hall–Kier alpha value is -0.860. The van der Waals surface area contributed by atoms with E-state index in [0.717, 1.165) is 24.2 Å². The Bertz CT molecular complexity index is 448. The SMILES string of the molecule is Cc1cccc(C(O)CN=C(N)N2CCOCC2)c1.I. The van der Waals surface area contributed by atoms with E-state index >= 15 is 0 Å². The van der Waals surface area contributed by atoms with Crippen molar-refractivity contribution in [2.45, 2.75) is 13.0 Å². The third-order valence-corrected chi connectivity index (χ3v) is 3.19. The molecule has 1 aromatic carbocycles.